The molecule has 6 heteroatoms. The maximum atomic E-state index is 13.4. The molecule has 1 aliphatic rings. The Morgan fingerprint density at radius 2 is 1.70 bits per heavy atom. The summed E-state index contributed by atoms with van der Waals surface area (Å²) < 4.78 is 11.7. The van der Waals surface area contributed by atoms with E-state index in [9.17, 15) is 9.59 Å². The Hall–Kier alpha value is -3.38. The van der Waals surface area contributed by atoms with Gasteiger partial charge in [-0.1, -0.05) is 36.4 Å². The summed E-state index contributed by atoms with van der Waals surface area (Å²) in [5.41, 5.74) is 3.63. The summed E-state index contributed by atoms with van der Waals surface area (Å²) in [5, 5.41) is 0. The lowest BCUT2D eigenvalue weighted by Gasteiger charge is -2.25. The van der Waals surface area contributed by atoms with E-state index in [1.54, 1.807) is 24.3 Å². The van der Waals surface area contributed by atoms with Crippen LogP contribution in [0.15, 0.2) is 65.1 Å². The van der Waals surface area contributed by atoms with Gasteiger partial charge in [0.25, 0.3) is 5.91 Å². The van der Waals surface area contributed by atoms with Gasteiger partial charge in [0.1, 0.15) is 5.76 Å². The predicted octanol–water partition coefficient (Wildman–Crippen LogP) is 5.04. The minimum Gasteiger partial charge on any atom is -0.451 e. The van der Waals surface area contributed by atoms with Crippen LogP contribution in [0.2, 0.25) is 0 Å². The first-order chi connectivity index (χ1) is 15.9. The highest BCUT2D eigenvalue weighted by molar-refractivity contribution is 5.94. The molecule has 0 bridgehead atoms. The van der Waals surface area contributed by atoms with Gasteiger partial charge in [-0.25, -0.2) is 0 Å². The van der Waals surface area contributed by atoms with Gasteiger partial charge in [-0.2, -0.15) is 0 Å². The van der Waals surface area contributed by atoms with Gasteiger partial charge >= 0.3 is 0 Å². The van der Waals surface area contributed by atoms with E-state index >= 15 is 0 Å². The van der Waals surface area contributed by atoms with Crippen LogP contribution in [0, 0.1) is 0 Å². The number of hydrogen-bond donors (Lipinski definition) is 0. The van der Waals surface area contributed by atoms with Crippen LogP contribution in [-0.4, -0.2) is 49.9 Å². The fraction of sp³-hybridized carbons (Fsp3) is 0.333. The van der Waals surface area contributed by atoms with Crippen molar-refractivity contribution in [3.63, 3.8) is 0 Å². The van der Waals surface area contributed by atoms with Crippen molar-refractivity contribution in [2.45, 2.75) is 32.4 Å². The number of nitrogens with zero attached hydrogens (tertiary/aromatic N) is 2. The molecule has 33 heavy (non-hydrogen) atoms. The molecule has 0 spiro atoms. The maximum absolute atomic E-state index is 13.4. The summed E-state index contributed by atoms with van der Waals surface area (Å²) in [6, 6.07) is 18.9. The van der Waals surface area contributed by atoms with Crippen molar-refractivity contribution >= 4 is 17.4 Å². The number of ketones is 1. The molecule has 172 valence electrons. The molecule has 1 fully saturated rings. The number of rotatable bonds is 8. The van der Waals surface area contributed by atoms with Gasteiger partial charge in [0.2, 0.25) is 0 Å². The highest BCUT2D eigenvalue weighted by atomic mass is 16.5. The molecular formula is C27H30N2O4. The third-order valence-corrected chi connectivity index (χ3v) is 5.95. The molecule has 1 amide bonds. The minimum atomic E-state index is -0.159. The van der Waals surface area contributed by atoms with Gasteiger partial charge in [-0.05, 0) is 49.6 Å². The van der Waals surface area contributed by atoms with Gasteiger partial charge in [0.05, 0.1) is 6.10 Å². The molecule has 1 aliphatic heterocycles. The second kappa shape index (κ2) is 10.0. The van der Waals surface area contributed by atoms with E-state index < -0.39 is 0 Å². The van der Waals surface area contributed by atoms with E-state index in [2.05, 4.69) is 24.3 Å². The molecule has 2 heterocycles. The zero-order chi connectivity index (χ0) is 23.4. The molecule has 0 unspecified atom stereocenters. The van der Waals surface area contributed by atoms with Crippen molar-refractivity contribution in [3.05, 3.63) is 77.6 Å². The van der Waals surface area contributed by atoms with Crippen molar-refractivity contribution in [3.8, 4) is 11.3 Å². The molecule has 1 saturated heterocycles. The SMILES string of the molecule is CC(=O)c1ccc(-c2ccc(C(=O)N(Cc3ccc(N(C)C)cc3)C[C@@H]3CCCO3)o2)cc1. The Kier molecular flexibility index (Phi) is 6.94. The first kappa shape index (κ1) is 22.8. The Balaban J connectivity index is 1.53. The average Bonchev–Trinajstić information content (AvgIpc) is 3.51. The van der Waals surface area contributed by atoms with Crippen LogP contribution in [0.3, 0.4) is 0 Å². The summed E-state index contributed by atoms with van der Waals surface area (Å²) >= 11 is 0. The highest BCUT2D eigenvalue weighted by Crippen LogP contribution is 2.25. The van der Waals surface area contributed by atoms with Crippen LogP contribution in [0.1, 0.15) is 46.2 Å². The van der Waals surface area contributed by atoms with Crippen molar-refractivity contribution in [2.75, 3.05) is 32.1 Å². The number of carbonyl (C=O) groups excluding carboxylic acids is 2. The fourth-order valence-corrected chi connectivity index (χ4v) is 4.01. The number of amides is 1. The Bertz CT molecular complexity index is 1090. The number of benzene rings is 2. The van der Waals surface area contributed by atoms with Crippen LogP contribution in [0.4, 0.5) is 5.69 Å². The van der Waals surface area contributed by atoms with Crippen molar-refractivity contribution < 1.29 is 18.7 Å². The molecule has 2 aromatic carbocycles. The number of Topliss-reactive ketones (excluding diaryl/α,β-unsaturated/α-hetero) is 1. The van der Waals surface area contributed by atoms with Crippen molar-refractivity contribution in [1.82, 2.24) is 4.90 Å². The highest BCUT2D eigenvalue weighted by Gasteiger charge is 2.25. The van der Waals surface area contributed by atoms with E-state index in [0.29, 0.717) is 30.2 Å². The molecular weight excluding hydrogens is 416 g/mol. The average molecular weight is 447 g/mol. The normalized spacial score (nSPS) is 15.4. The summed E-state index contributed by atoms with van der Waals surface area (Å²) in [4.78, 5) is 28.8. The summed E-state index contributed by atoms with van der Waals surface area (Å²) in [5.74, 6) is 0.749. The third kappa shape index (κ3) is 5.52. The topological polar surface area (TPSA) is 63.0 Å². The van der Waals surface area contributed by atoms with Gasteiger partial charge in [0, 0.05) is 50.6 Å². The van der Waals surface area contributed by atoms with Crippen LogP contribution in [0.25, 0.3) is 11.3 Å². The molecule has 0 aliphatic carbocycles. The quantitative estimate of drug-likeness (QED) is 0.454. The van der Waals surface area contributed by atoms with Gasteiger partial charge < -0.3 is 19.0 Å². The molecule has 0 N–H and O–H groups in total. The fourth-order valence-electron chi connectivity index (χ4n) is 4.01. The van der Waals surface area contributed by atoms with E-state index in [1.807, 2.05) is 36.0 Å². The Morgan fingerprint density at radius 1 is 0.970 bits per heavy atom. The first-order valence-electron chi connectivity index (χ1n) is 11.3. The van der Waals surface area contributed by atoms with Crippen LogP contribution >= 0.6 is 0 Å². The standard InChI is InChI=1S/C27H30N2O4/c1-19(30)21-8-10-22(11-9-21)25-14-15-26(33-25)27(31)29(18-24-5-4-16-32-24)17-20-6-12-23(13-7-20)28(2)3/h6-15,24H,4-5,16-18H2,1-3H3/t24-/m0/s1. The number of furan rings is 1. The van der Waals surface area contributed by atoms with Gasteiger partial charge in [0.15, 0.2) is 11.5 Å². The van der Waals surface area contributed by atoms with E-state index in [1.165, 1.54) is 6.92 Å². The lowest BCUT2D eigenvalue weighted by Crippen LogP contribution is -2.36. The first-order valence-corrected chi connectivity index (χ1v) is 11.3. The molecule has 3 aromatic rings. The lowest BCUT2D eigenvalue weighted by molar-refractivity contribution is 0.0484. The van der Waals surface area contributed by atoms with E-state index in [0.717, 1.165) is 36.3 Å². The lowest BCUT2D eigenvalue weighted by atomic mass is 10.1. The van der Waals surface area contributed by atoms with Crippen LogP contribution in [0.5, 0.6) is 0 Å². The van der Waals surface area contributed by atoms with Crippen LogP contribution in [-0.2, 0) is 11.3 Å². The summed E-state index contributed by atoms with van der Waals surface area (Å²) in [6.07, 6.45) is 2.02. The zero-order valence-electron chi connectivity index (χ0n) is 19.4. The van der Waals surface area contributed by atoms with Crippen molar-refractivity contribution in [2.24, 2.45) is 0 Å². The number of ether oxygens (including phenoxy) is 1. The van der Waals surface area contributed by atoms with Gasteiger partial charge in [-0.15, -0.1) is 0 Å². The summed E-state index contributed by atoms with van der Waals surface area (Å²) in [6.45, 7) is 3.29. The second-order valence-corrected chi connectivity index (χ2v) is 8.68. The molecule has 0 radical (unpaired) electrons. The zero-order valence-corrected chi connectivity index (χ0v) is 19.4. The van der Waals surface area contributed by atoms with Crippen LogP contribution < -0.4 is 4.90 Å². The largest absolute Gasteiger partial charge is 0.451 e. The second-order valence-electron chi connectivity index (χ2n) is 8.68. The van der Waals surface area contributed by atoms with E-state index in [-0.39, 0.29) is 17.8 Å². The molecule has 0 saturated carbocycles. The minimum absolute atomic E-state index is 0.0141. The molecule has 1 atom stereocenters. The van der Waals surface area contributed by atoms with E-state index in [4.69, 9.17) is 9.15 Å². The number of anilines is 1. The molecule has 6 nitrogen and oxygen atoms in total. The predicted molar refractivity (Wildman–Crippen MR) is 129 cm³/mol. The maximum Gasteiger partial charge on any atom is 0.289 e. The number of hydrogen-bond acceptors (Lipinski definition) is 5. The number of carbonyl (C=O) groups is 2. The molecule has 1 aromatic heterocycles. The molecule has 4 rings (SSSR count). The third-order valence-electron chi connectivity index (χ3n) is 5.95. The Morgan fingerprint density at radius 3 is 2.30 bits per heavy atom. The summed E-state index contributed by atoms with van der Waals surface area (Å²) in [7, 11) is 4.01. The van der Waals surface area contributed by atoms with Crippen molar-refractivity contribution in [1.29, 1.82) is 0 Å². The monoisotopic (exact) mass is 446 g/mol. The van der Waals surface area contributed by atoms with Gasteiger partial charge in [-0.3, -0.25) is 9.59 Å². The Labute approximate surface area is 194 Å². The smallest absolute Gasteiger partial charge is 0.289 e.